The summed E-state index contributed by atoms with van der Waals surface area (Å²) in [6.07, 6.45) is 0.779. The van der Waals surface area contributed by atoms with Crippen molar-refractivity contribution in [2.45, 2.75) is 38.8 Å². The molecule has 0 aromatic heterocycles. The Morgan fingerprint density at radius 1 is 1.38 bits per heavy atom. The molecule has 1 saturated heterocycles. The van der Waals surface area contributed by atoms with Gasteiger partial charge in [-0.1, -0.05) is 6.92 Å². The van der Waals surface area contributed by atoms with Gasteiger partial charge < -0.3 is 15.2 Å². The van der Waals surface area contributed by atoms with Crippen molar-refractivity contribution in [1.82, 2.24) is 10.2 Å². The Morgan fingerprint density at radius 3 is 2.56 bits per heavy atom. The molecule has 16 heavy (non-hydrogen) atoms. The Morgan fingerprint density at radius 2 is 2.00 bits per heavy atom. The first-order chi connectivity index (χ1) is 7.53. The van der Waals surface area contributed by atoms with Crippen molar-refractivity contribution in [3.63, 3.8) is 0 Å². The molecule has 1 aliphatic rings. The fourth-order valence-electron chi connectivity index (χ4n) is 1.67. The molecule has 4 heteroatoms. The lowest BCUT2D eigenvalue weighted by atomic mass is 10.0. The van der Waals surface area contributed by atoms with E-state index in [-0.39, 0.29) is 11.6 Å². The second-order valence-corrected chi connectivity index (χ2v) is 5.19. The first-order valence-corrected chi connectivity index (χ1v) is 6.26. The lowest BCUT2D eigenvalue weighted by Gasteiger charge is -2.31. The smallest absolute Gasteiger partial charge is 0.0791 e. The van der Waals surface area contributed by atoms with E-state index in [1.165, 1.54) is 0 Å². The van der Waals surface area contributed by atoms with Crippen LogP contribution in [0.4, 0.5) is 0 Å². The monoisotopic (exact) mass is 230 g/mol. The molecule has 0 aromatic carbocycles. The summed E-state index contributed by atoms with van der Waals surface area (Å²) in [5, 5.41) is 13.3. The van der Waals surface area contributed by atoms with E-state index in [2.05, 4.69) is 31.0 Å². The van der Waals surface area contributed by atoms with Gasteiger partial charge in [0, 0.05) is 31.7 Å². The fraction of sp³-hybridized carbons (Fsp3) is 1.00. The zero-order valence-corrected chi connectivity index (χ0v) is 10.8. The van der Waals surface area contributed by atoms with E-state index in [0.717, 1.165) is 39.3 Å². The van der Waals surface area contributed by atoms with Crippen molar-refractivity contribution in [2.75, 3.05) is 39.4 Å². The lowest BCUT2D eigenvalue weighted by Crippen LogP contribution is -2.47. The molecular weight excluding hydrogens is 204 g/mol. The van der Waals surface area contributed by atoms with Gasteiger partial charge in [-0.05, 0) is 20.3 Å². The minimum atomic E-state index is -0.288. The summed E-state index contributed by atoms with van der Waals surface area (Å²) < 4.78 is 5.27. The molecule has 1 aliphatic heterocycles. The molecule has 2 N–H and O–H groups in total. The average molecular weight is 230 g/mol. The van der Waals surface area contributed by atoms with Gasteiger partial charge in [0.1, 0.15) is 0 Å². The van der Waals surface area contributed by atoms with Crippen molar-refractivity contribution in [1.29, 1.82) is 0 Å². The maximum Gasteiger partial charge on any atom is 0.0791 e. The lowest BCUT2D eigenvalue weighted by molar-refractivity contribution is 0.0137. The number of β-amino-alcohol motifs (C(OH)–C–C–N with tert-alkyl or cyclic N) is 1. The topological polar surface area (TPSA) is 44.7 Å². The van der Waals surface area contributed by atoms with Gasteiger partial charge in [0.05, 0.1) is 19.3 Å². The number of rotatable bonds is 6. The van der Waals surface area contributed by atoms with Crippen molar-refractivity contribution in [2.24, 2.45) is 0 Å². The molecule has 0 spiro atoms. The standard InChI is InChI=1S/C12H26N2O2/c1-4-12(2,3)13-9-11(15)10-14-5-7-16-8-6-14/h11,13,15H,4-10H2,1-3H3. The van der Waals surface area contributed by atoms with Gasteiger partial charge in [0.15, 0.2) is 0 Å². The molecular formula is C12H26N2O2. The van der Waals surface area contributed by atoms with E-state index in [4.69, 9.17) is 4.74 Å². The summed E-state index contributed by atoms with van der Waals surface area (Å²) in [5.74, 6) is 0. The van der Waals surface area contributed by atoms with Gasteiger partial charge in [0.25, 0.3) is 0 Å². The van der Waals surface area contributed by atoms with Gasteiger partial charge in [-0.15, -0.1) is 0 Å². The largest absolute Gasteiger partial charge is 0.390 e. The second kappa shape index (κ2) is 6.55. The van der Waals surface area contributed by atoms with Crippen molar-refractivity contribution in [3.05, 3.63) is 0 Å². The third-order valence-corrected chi connectivity index (χ3v) is 3.27. The van der Waals surface area contributed by atoms with Crippen LogP contribution in [0.1, 0.15) is 27.2 Å². The van der Waals surface area contributed by atoms with Crippen LogP contribution in [0.25, 0.3) is 0 Å². The van der Waals surface area contributed by atoms with Crippen LogP contribution in [0.5, 0.6) is 0 Å². The molecule has 1 unspecified atom stereocenters. The number of aliphatic hydroxyl groups is 1. The number of hydrogen-bond donors (Lipinski definition) is 2. The Bertz CT molecular complexity index is 191. The Labute approximate surface area is 99.0 Å². The van der Waals surface area contributed by atoms with Crippen molar-refractivity contribution in [3.8, 4) is 0 Å². The van der Waals surface area contributed by atoms with Crippen LogP contribution >= 0.6 is 0 Å². The molecule has 0 saturated carbocycles. The van der Waals surface area contributed by atoms with Crippen LogP contribution < -0.4 is 5.32 Å². The molecule has 1 heterocycles. The van der Waals surface area contributed by atoms with E-state index < -0.39 is 0 Å². The third-order valence-electron chi connectivity index (χ3n) is 3.27. The summed E-state index contributed by atoms with van der Waals surface area (Å²) in [6.45, 7) is 11.3. The summed E-state index contributed by atoms with van der Waals surface area (Å²) >= 11 is 0. The van der Waals surface area contributed by atoms with E-state index >= 15 is 0 Å². The first kappa shape index (κ1) is 13.9. The van der Waals surface area contributed by atoms with E-state index in [1.54, 1.807) is 0 Å². The molecule has 0 radical (unpaired) electrons. The SMILES string of the molecule is CCC(C)(C)NCC(O)CN1CCOCC1. The van der Waals surface area contributed by atoms with Crippen LogP contribution in [0.15, 0.2) is 0 Å². The number of aliphatic hydroxyl groups excluding tert-OH is 1. The van der Waals surface area contributed by atoms with E-state index in [1.807, 2.05) is 0 Å². The van der Waals surface area contributed by atoms with E-state index in [0.29, 0.717) is 6.54 Å². The van der Waals surface area contributed by atoms with Gasteiger partial charge >= 0.3 is 0 Å². The molecule has 0 amide bonds. The molecule has 96 valence electrons. The number of nitrogens with zero attached hydrogens (tertiary/aromatic N) is 1. The Kier molecular flexibility index (Phi) is 5.69. The number of nitrogens with one attached hydrogen (secondary N) is 1. The zero-order chi connectivity index (χ0) is 12.0. The summed E-state index contributed by atoms with van der Waals surface area (Å²) in [7, 11) is 0. The Balaban J connectivity index is 2.17. The number of hydrogen-bond acceptors (Lipinski definition) is 4. The number of ether oxygens (including phenoxy) is 1. The molecule has 1 rings (SSSR count). The first-order valence-electron chi connectivity index (χ1n) is 6.26. The predicted octanol–water partition coefficient (Wildman–Crippen LogP) is 0.458. The quantitative estimate of drug-likeness (QED) is 0.696. The van der Waals surface area contributed by atoms with Crippen molar-refractivity contribution >= 4 is 0 Å². The molecule has 0 aliphatic carbocycles. The van der Waals surface area contributed by atoms with Crippen LogP contribution in [-0.4, -0.2) is 61.0 Å². The third kappa shape index (κ3) is 5.25. The van der Waals surface area contributed by atoms with Crippen LogP contribution in [-0.2, 0) is 4.74 Å². The highest BCUT2D eigenvalue weighted by Crippen LogP contribution is 2.07. The second-order valence-electron chi connectivity index (χ2n) is 5.19. The normalized spacial score (nSPS) is 21.0. The number of morpholine rings is 1. The van der Waals surface area contributed by atoms with Crippen LogP contribution in [0.2, 0.25) is 0 Å². The molecule has 0 bridgehead atoms. The minimum Gasteiger partial charge on any atom is -0.390 e. The summed E-state index contributed by atoms with van der Waals surface area (Å²) in [5.41, 5.74) is 0.117. The van der Waals surface area contributed by atoms with E-state index in [9.17, 15) is 5.11 Å². The minimum absolute atomic E-state index is 0.117. The highest BCUT2D eigenvalue weighted by molar-refractivity contribution is 4.78. The van der Waals surface area contributed by atoms with Gasteiger partial charge in [0.2, 0.25) is 0 Å². The van der Waals surface area contributed by atoms with Gasteiger partial charge in [-0.25, -0.2) is 0 Å². The molecule has 4 nitrogen and oxygen atoms in total. The van der Waals surface area contributed by atoms with Crippen molar-refractivity contribution < 1.29 is 9.84 Å². The fourth-order valence-corrected chi connectivity index (χ4v) is 1.67. The summed E-state index contributed by atoms with van der Waals surface area (Å²) in [6, 6.07) is 0. The predicted molar refractivity (Wildman–Crippen MR) is 65.6 cm³/mol. The zero-order valence-electron chi connectivity index (χ0n) is 10.8. The average Bonchev–Trinajstić information content (AvgIpc) is 2.28. The highest BCUT2D eigenvalue weighted by atomic mass is 16.5. The van der Waals surface area contributed by atoms with Gasteiger partial charge in [-0.2, -0.15) is 0 Å². The molecule has 0 aromatic rings. The maximum atomic E-state index is 9.92. The van der Waals surface area contributed by atoms with Gasteiger partial charge in [-0.3, -0.25) is 4.90 Å². The van der Waals surface area contributed by atoms with Crippen LogP contribution in [0, 0.1) is 0 Å². The van der Waals surface area contributed by atoms with Crippen LogP contribution in [0.3, 0.4) is 0 Å². The summed E-state index contributed by atoms with van der Waals surface area (Å²) in [4.78, 5) is 2.26. The Hall–Kier alpha value is -0.160. The molecule has 1 fully saturated rings. The molecule has 1 atom stereocenters. The maximum absolute atomic E-state index is 9.92. The highest BCUT2D eigenvalue weighted by Gasteiger charge is 2.18.